The maximum Gasteiger partial charge on any atom is 0.279 e. The van der Waals surface area contributed by atoms with Crippen LogP contribution in [0.4, 0.5) is 5.69 Å². The number of aromatic nitrogens is 1. The van der Waals surface area contributed by atoms with Gasteiger partial charge in [-0.15, -0.1) is 13.2 Å². The van der Waals surface area contributed by atoms with Crippen molar-refractivity contribution in [1.82, 2.24) is 8.87 Å². The maximum absolute atomic E-state index is 12.8. The van der Waals surface area contributed by atoms with Crippen LogP contribution in [-0.4, -0.2) is 41.2 Å². The van der Waals surface area contributed by atoms with E-state index in [1.165, 1.54) is 52.9 Å². The number of sulfonamides is 1. The molecule has 0 saturated heterocycles. The first-order chi connectivity index (χ1) is 15.2. The Hall–Kier alpha value is -3.41. The fourth-order valence-electron chi connectivity index (χ4n) is 2.97. The van der Waals surface area contributed by atoms with E-state index in [9.17, 15) is 23.3 Å². The largest absolute Gasteiger partial charge is 0.319 e. The third kappa shape index (κ3) is 4.59. The van der Waals surface area contributed by atoms with Crippen LogP contribution in [0, 0.1) is 10.1 Å². The second kappa shape index (κ2) is 9.39. The van der Waals surface area contributed by atoms with Gasteiger partial charge in [0.15, 0.2) is 4.80 Å². The van der Waals surface area contributed by atoms with E-state index < -0.39 is 20.9 Å². The summed E-state index contributed by atoms with van der Waals surface area (Å²) in [5, 5.41) is 11.0. The van der Waals surface area contributed by atoms with Gasteiger partial charge in [0.05, 0.1) is 20.0 Å². The summed E-state index contributed by atoms with van der Waals surface area (Å²) >= 11 is 1.15. The van der Waals surface area contributed by atoms with Crippen LogP contribution in [0.5, 0.6) is 0 Å². The Labute approximate surface area is 188 Å². The number of carbonyl (C=O) groups excluding carboxylic acids is 1. The van der Waals surface area contributed by atoms with E-state index in [1.807, 2.05) is 0 Å². The summed E-state index contributed by atoms with van der Waals surface area (Å²) in [6.07, 6.45) is 2.97. The minimum atomic E-state index is -3.77. The molecule has 32 heavy (non-hydrogen) atoms. The Balaban J connectivity index is 1.93. The lowest BCUT2D eigenvalue weighted by Crippen LogP contribution is -2.31. The molecule has 9 nitrogen and oxygen atoms in total. The van der Waals surface area contributed by atoms with Gasteiger partial charge in [-0.3, -0.25) is 14.9 Å². The number of rotatable bonds is 8. The Bertz CT molecular complexity index is 1380. The number of carbonyl (C=O) groups is 1. The van der Waals surface area contributed by atoms with Gasteiger partial charge < -0.3 is 4.57 Å². The number of benzene rings is 2. The van der Waals surface area contributed by atoms with Crippen molar-refractivity contribution in [3.63, 3.8) is 0 Å². The number of nitro groups is 1. The molecule has 1 amide bonds. The SMILES string of the molecule is C=CCN(CC=C)S(=O)(=O)c1ccc(C(=O)N=c2sc3cc([N+](=O)[O-])ccc3n2C)cc1. The molecular formula is C21H20N4O5S2. The topological polar surface area (TPSA) is 115 Å². The molecule has 0 aliphatic carbocycles. The number of non-ortho nitro benzene ring substituents is 1. The summed E-state index contributed by atoms with van der Waals surface area (Å²) in [5.74, 6) is -0.556. The number of hydrogen-bond donors (Lipinski definition) is 0. The molecule has 0 aliphatic heterocycles. The average Bonchev–Trinajstić information content (AvgIpc) is 3.08. The summed E-state index contributed by atoms with van der Waals surface area (Å²) in [7, 11) is -2.06. The zero-order chi connectivity index (χ0) is 23.5. The Kier molecular flexibility index (Phi) is 6.82. The van der Waals surface area contributed by atoms with Crippen molar-refractivity contribution in [3.05, 3.63) is 88.3 Å². The summed E-state index contributed by atoms with van der Waals surface area (Å²) in [4.78, 5) is 27.7. The molecule has 0 unspecified atom stereocenters. The molecule has 0 saturated carbocycles. The summed E-state index contributed by atoms with van der Waals surface area (Å²) in [6, 6.07) is 9.93. The number of amides is 1. The second-order valence-corrected chi connectivity index (χ2v) is 9.64. The fourth-order valence-corrected chi connectivity index (χ4v) is 5.40. The molecular weight excluding hydrogens is 452 g/mol. The van der Waals surface area contributed by atoms with Crippen molar-refractivity contribution in [3.8, 4) is 0 Å². The molecule has 1 aromatic heterocycles. The van der Waals surface area contributed by atoms with Crippen LogP contribution in [-0.2, 0) is 17.1 Å². The lowest BCUT2D eigenvalue weighted by molar-refractivity contribution is -0.384. The van der Waals surface area contributed by atoms with Gasteiger partial charge in [-0.05, 0) is 30.3 Å². The first-order valence-corrected chi connectivity index (χ1v) is 11.6. The van der Waals surface area contributed by atoms with Crippen LogP contribution >= 0.6 is 11.3 Å². The van der Waals surface area contributed by atoms with Gasteiger partial charge in [0.1, 0.15) is 0 Å². The van der Waals surface area contributed by atoms with Gasteiger partial charge in [-0.1, -0.05) is 23.5 Å². The minimum Gasteiger partial charge on any atom is -0.319 e. The zero-order valence-corrected chi connectivity index (χ0v) is 18.8. The van der Waals surface area contributed by atoms with Crippen LogP contribution < -0.4 is 4.80 Å². The van der Waals surface area contributed by atoms with Crippen LogP contribution in [0.2, 0.25) is 0 Å². The number of thiazole rings is 1. The number of aryl methyl sites for hydroxylation is 1. The highest BCUT2D eigenvalue weighted by Gasteiger charge is 2.22. The molecule has 0 aliphatic rings. The molecule has 0 N–H and O–H groups in total. The average molecular weight is 473 g/mol. The van der Waals surface area contributed by atoms with E-state index in [0.717, 1.165) is 11.3 Å². The lowest BCUT2D eigenvalue weighted by Gasteiger charge is -2.19. The molecule has 0 bridgehead atoms. The van der Waals surface area contributed by atoms with Crippen molar-refractivity contribution in [2.75, 3.05) is 13.1 Å². The zero-order valence-electron chi connectivity index (χ0n) is 17.2. The van der Waals surface area contributed by atoms with Crippen LogP contribution in [0.15, 0.2) is 77.7 Å². The van der Waals surface area contributed by atoms with Crippen molar-refractivity contribution < 1.29 is 18.1 Å². The van der Waals surface area contributed by atoms with E-state index in [-0.39, 0.29) is 29.2 Å². The predicted molar refractivity (Wildman–Crippen MR) is 123 cm³/mol. The number of fused-ring (bicyclic) bond motifs is 1. The highest BCUT2D eigenvalue weighted by molar-refractivity contribution is 7.89. The smallest absolute Gasteiger partial charge is 0.279 e. The number of hydrogen-bond acceptors (Lipinski definition) is 6. The summed E-state index contributed by atoms with van der Waals surface area (Å²) < 4.78 is 29.1. The second-order valence-electron chi connectivity index (χ2n) is 6.69. The van der Waals surface area contributed by atoms with Crippen molar-refractivity contribution in [2.24, 2.45) is 12.0 Å². The van der Waals surface area contributed by atoms with Crippen molar-refractivity contribution in [2.45, 2.75) is 4.90 Å². The molecule has 3 aromatic rings. The quantitative estimate of drug-likeness (QED) is 0.284. The van der Waals surface area contributed by atoms with Gasteiger partial charge in [0.2, 0.25) is 10.0 Å². The van der Waals surface area contributed by atoms with Crippen molar-refractivity contribution >= 4 is 43.2 Å². The number of nitrogens with zero attached hydrogens (tertiary/aromatic N) is 4. The van der Waals surface area contributed by atoms with Crippen LogP contribution in [0.25, 0.3) is 10.2 Å². The van der Waals surface area contributed by atoms with E-state index in [4.69, 9.17) is 0 Å². The van der Waals surface area contributed by atoms with Crippen LogP contribution in [0.3, 0.4) is 0 Å². The molecule has 0 fully saturated rings. The van der Waals surface area contributed by atoms with Crippen molar-refractivity contribution in [1.29, 1.82) is 0 Å². The molecule has 0 atom stereocenters. The lowest BCUT2D eigenvalue weighted by atomic mass is 10.2. The van der Waals surface area contributed by atoms with Gasteiger partial charge in [0.25, 0.3) is 11.6 Å². The van der Waals surface area contributed by atoms with E-state index in [2.05, 4.69) is 18.2 Å². The highest BCUT2D eigenvalue weighted by Crippen LogP contribution is 2.23. The molecule has 166 valence electrons. The van der Waals surface area contributed by atoms with Gasteiger partial charge in [-0.25, -0.2) is 8.42 Å². The van der Waals surface area contributed by atoms with E-state index >= 15 is 0 Å². The predicted octanol–water partition coefficient (Wildman–Crippen LogP) is 3.25. The Morgan fingerprint density at radius 1 is 1.19 bits per heavy atom. The van der Waals surface area contributed by atoms with Crippen LogP contribution in [0.1, 0.15) is 10.4 Å². The standard InChI is InChI=1S/C21H20N4O5S2/c1-4-12-24(13-5-2)32(29,30)17-9-6-15(7-10-17)20(26)22-21-23(3)18-11-8-16(25(27)28)14-19(18)31-21/h4-11,14H,1-2,12-13H2,3H3. The normalized spacial score (nSPS) is 12.2. The highest BCUT2D eigenvalue weighted by atomic mass is 32.2. The van der Waals surface area contributed by atoms with E-state index in [0.29, 0.717) is 15.0 Å². The number of nitro benzene ring substituents is 1. The molecule has 1 heterocycles. The first kappa shape index (κ1) is 23.3. The molecule has 3 rings (SSSR count). The van der Waals surface area contributed by atoms with Gasteiger partial charge in [0, 0.05) is 37.8 Å². The molecule has 11 heteroatoms. The molecule has 0 radical (unpaired) electrons. The summed E-state index contributed by atoms with van der Waals surface area (Å²) in [6.45, 7) is 7.40. The summed E-state index contributed by atoms with van der Waals surface area (Å²) in [5.41, 5.74) is 0.875. The monoisotopic (exact) mass is 472 g/mol. The molecule has 0 spiro atoms. The Morgan fingerprint density at radius 3 is 2.38 bits per heavy atom. The minimum absolute atomic E-state index is 0.0393. The molecule has 2 aromatic carbocycles. The maximum atomic E-state index is 12.8. The third-order valence-electron chi connectivity index (χ3n) is 4.61. The Morgan fingerprint density at radius 2 is 1.81 bits per heavy atom. The fraction of sp³-hybridized carbons (Fsp3) is 0.143. The van der Waals surface area contributed by atoms with E-state index in [1.54, 1.807) is 17.7 Å². The van der Waals surface area contributed by atoms with Gasteiger partial charge in [-0.2, -0.15) is 9.30 Å². The third-order valence-corrected chi connectivity index (χ3v) is 7.55. The first-order valence-electron chi connectivity index (χ1n) is 9.34. The van der Waals surface area contributed by atoms with Gasteiger partial charge >= 0.3 is 0 Å².